The minimum Gasteiger partial charge on any atom is -0.347 e. The molecule has 0 fully saturated rings. The Morgan fingerprint density at radius 3 is 2.90 bits per heavy atom. The number of hydrogen-bond donors (Lipinski definition) is 1. The zero-order valence-electron chi connectivity index (χ0n) is 16.9. The summed E-state index contributed by atoms with van der Waals surface area (Å²) in [7, 11) is 1.91. The van der Waals surface area contributed by atoms with Gasteiger partial charge >= 0.3 is 0 Å². The van der Waals surface area contributed by atoms with Crippen LogP contribution in [0.25, 0.3) is 0 Å². The van der Waals surface area contributed by atoms with Crippen molar-refractivity contribution in [2.75, 3.05) is 6.54 Å². The van der Waals surface area contributed by atoms with Crippen LogP contribution >= 0.6 is 0 Å². The first-order valence-corrected chi connectivity index (χ1v) is 10.6. The fourth-order valence-corrected chi connectivity index (χ4v) is 4.88. The van der Waals surface area contributed by atoms with Gasteiger partial charge in [0.25, 0.3) is 5.91 Å². The Morgan fingerprint density at radius 2 is 2.03 bits per heavy atom. The average Bonchev–Trinajstić information content (AvgIpc) is 3.35. The normalized spacial score (nSPS) is 18.4. The molecule has 0 radical (unpaired) electrons. The van der Waals surface area contributed by atoms with Crippen LogP contribution in [-0.2, 0) is 32.9 Å². The van der Waals surface area contributed by atoms with Crippen LogP contribution < -0.4 is 0 Å². The van der Waals surface area contributed by atoms with Crippen molar-refractivity contribution in [1.29, 1.82) is 0 Å². The van der Waals surface area contributed by atoms with Crippen molar-refractivity contribution in [3.8, 4) is 0 Å². The molecule has 0 bridgehead atoms. The molecule has 3 heterocycles. The number of fused-ring (bicyclic) bond motifs is 2. The average molecular weight is 390 g/mol. The molecule has 1 amide bonds. The molecule has 5 rings (SSSR count). The van der Waals surface area contributed by atoms with Gasteiger partial charge < -0.3 is 9.88 Å². The van der Waals surface area contributed by atoms with E-state index in [-0.39, 0.29) is 11.8 Å². The number of H-pyrrole nitrogens is 1. The maximum absolute atomic E-state index is 13.5. The molecule has 3 aromatic rings. The highest BCUT2D eigenvalue weighted by atomic mass is 16.2. The van der Waals surface area contributed by atoms with Crippen LogP contribution in [-0.4, -0.2) is 37.1 Å². The van der Waals surface area contributed by atoms with E-state index in [1.54, 1.807) is 11.0 Å². The van der Waals surface area contributed by atoms with Crippen LogP contribution in [0.3, 0.4) is 0 Å². The second-order valence-electron chi connectivity index (χ2n) is 8.28. The minimum atomic E-state index is 0.105. The van der Waals surface area contributed by atoms with Crippen molar-refractivity contribution < 1.29 is 4.79 Å². The molecule has 1 unspecified atom stereocenters. The number of aromatic nitrogens is 4. The number of amides is 1. The van der Waals surface area contributed by atoms with E-state index in [9.17, 15) is 4.79 Å². The fraction of sp³-hybridized carbons (Fsp3) is 0.435. The predicted octanol–water partition coefficient (Wildman–Crippen LogP) is 3.39. The van der Waals surface area contributed by atoms with Crippen LogP contribution in [0.1, 0.15) is 63.9 Å². The van der Waals surface area contributed by atoms with Gasteiger partial charge in [0.05, 0.1) is 30.0 Å². The van der Waals surface area contributed by atoms with E-state index in [2.05, 4.69) is 39.3 Å². The maximum Gasteiger partial charge on any atom is 0.272 e. The summed E-state index contributed by atoms with van der Waals surface area (Å²) in [6.07, 6.45) is 7.99. The standard InChI is InChI=1S/C23H27N5O/c1-27-22(18-9-5-6-10-19(18)26-27)23(29)28-13-17(21-20(14-28)24-15-25-21)12-11-16-7-3-2-4-8-16/h2-4,7-8,15,17H,5-6,9-14H2,1H3,(H,24,25). The van der Waals surface area contributed by atoms with Gasteiger partial charge in [-0.05, 0) is 44.1 Å². The van der Waals surface area contributed by atoms with Crippen molar-refractivity contribution in [3.05, 3.63) is 70.6 Å². The van der Waals surface area contributed by atoms with E-state index in [0.717, 1.165) is 54.9 Å². The van der Waals surface area contributed by atoms with Crippen LogP contribution in [0.2, 0.25) is 0 Å². The number of benzene rings is 1. The lowest BCUT2D eigenvalue weighted by Crippen LogP contribution is -2.39. The molecule has 29 heavy (non-hydrogen) atoms. The van der Waals surface area contributed by atoms with Gasteiger partial charge in [-0.25, -0.2) is 4.98 Å². The number of imidazole rings is 1. The molecule has 2 aromatic heterocycles. The second kappa shape index (κ2) is 7.50. The van der Waals surface area contributed by atoms with E-state index < -0.39 is 0 Å². The van der Waals surface area contributed by atoms with Crippen molar-refractivity contribution in [3.63, 3.8) is 0 Å². The Morgan fingerprint density at radius 1 is 1.21 bits per heavy atom. The third kappa shape index (κ3) is 3.37. The topological polar surface area (TPSA) is 66.8 Å². The Kier molecular flexibility index (Phi) is 4.70. The van der Waals surface area contributed by atoms with Crippen molar-refractivity contribution in [2.45, 2.75) is 51.0 Å². The number of hydrogen-bond acceptors (Lipinski definition) is 3. The molecule has 0 spiro atoms. The summed E-state index contributed by atoms with van der Waals surface area (Å²) in [5, 5.41) is 4.65. The zero-order valence-corrected chi connectivity index (χ0v) is 16.9. The maximum atomic E-state index is 13.5. The molecule has 1 aromatic carbocycles. The SMILES string of the molecule is Cn1nc2c(c1C(=O)N1Cc3[nH]cnc3C(CCc3ccccc3)C1)CCCC2. The van der Waals surface area contributed by atoms with Gasteiger partial charge in [0.2, 0.25) is 0 Å². The molecule has 0 saturated heterocycles. The number of rotatable bonds is 4. The van der Waals surface area contributed by atoms with Gasteiger partial charge in [-0.15, -0.1) is 0 Å². The van der Waals surface area contributed by atoms with Crippen LogP contribution in [0, 0.1) is 0 Å². The number of nitrogens with one attached hydrogen (secondary N) is 1. The lowest BCUT2D eigenvalue weighted by molar-refractivity contribution is 0.0699. The summed E-state index contributed by atoms with van der Waals surface area (Å²) in [4.78, 5) is 23.4. The van der Waals surface area contributed by atoms with Gasteiger partial charge in [0.15, 0.2) is 0 Å². The number of carbonyl (C=O) groups is 1. The predicted molar refractivity (Wildman–Crippen MR) is 111 cm³/mol. The van der Waals surface area contributed by atoms with Crippen molar-refractivity contribution in [1.82, 2.24) is 24.6 Å². The zero-order chi connectivity index (χ0) is 19.8. The van der Waals surface area contributed by atoms with Gasteiger partial charge in [0.1, 0.15) is 5.69 Å². The van der Waals surface area contributed by atoms with Crippen LogP contribution in [0.5, 0.6) is 0 Å². The molecular weight excluding hydrogens is 362 g/mol. The first kappa shape index (κ1) is 18.2. The molecule has 1 aliphatic heterocycles. The Bertz CT molecular complexity index is 1020. The summed E-state index contributed by atoms with van der Waals surface area (Å²) in [6, 6.07) is 10.5. The molecule has 2 aliphatic rings. The molecular formula is C23H27N5O. The Hall–Kier alpha value is -2.89. The highest BCUT2D eigenvalue weighted by molar-refractivity contribution is 5.94. The molecule has 1 atom stereocenters. The lowest BCUT2D eigenvalue weighted by atomic mass is 9.91. The molecule has 150 valence electrons. The molecule has 1 aliphatic carbocycles. The molecule has 1 N–H and O–H groups in total. The third-order valence-corrected chi connectivity index (χ3v) is 6.36. The summed E-state index contributed by atoms with van der Waals surface area (Å²) >= 11 is 0. The Balaban J connectivity index is 1.39. The fourth-order valence-electron chi connectivity index (χ4n) is 4.88. The minimum absolute atomic E-state index is 0.105. The third-order valence-electron chi connectivity index (χ3n) is 6.36. The number of nitrogens with zero attached hydrogens (tertiary/aromatic N) is 4. The lowest BCUT2D eigenvalue weighted by Gasteiger charge is -2.32. The first-order chi connectivity index (χ1) is 14.2. The number of aromatic amines is 1. The van der Waals surface area contributed by atoms with E-state index in [4.69, 9.17) is 0 Å². The molecule has 6 nitrogen and oxygen atoms in total. The number of aryl methyl sites for hydroxylation is 3. The van der Waals surface area contributed by atoms with Crippen molar-refractivity contribution in [2.24, 2.45) is 7.05 Å². The van der Waals surface area contributed by atoms with Gasteiger partial charge in [0, 0.05) is 25.1 Å². The Labute approximate surface area is 171 Å². The summed E-state index contributed by atoms with van der Waals surface area (Å²) in [5.41, 5.74) is 6.58. The number of carbonyl (C=O) groups excluding carboxylic acids is 1. The highest BCUT2D eigenvalue weighted by Gasteiger charge is 2.33. The van der Waals surface area contributed by atoms with Gasteiger partial charge in [-0.1, -0.05) is 30.3 Å². The second-order valence-corrected chi connectivity index (χ2v) is 8.28. The van der Waals surface area contributed by atoms with E-state index in [1.165, 1.54) is 17.5 Å². The van der Waals surface area contributed by atoms with E-state index in [1.807, 2.05) is 18.0 Å². The van der Waals surface area contributed by atoms with Gasteiger partial charge in [-0.2, -0.15) is 5.10 Å². The summed E-state index contributed by atoms with van der Waals surface area (Å²) in [5.74, 6) is 0.353. The van der Waals surface area contributed by atoms with Crippen molar-refractivity contribution >= 4 is 5.91 Å². The summed E-state index contributed by atoms with van der Waals surface area (Å²) in [6.45, 7) is 1.30. The molecule has 6 heteroatoms. The highest BCUT2D eigenvalue weighted by Crippen LogP contribution is 2.32. The summed E-state index contributed by atoms with van der Waals surface area (Å²) < 4.78 is 1.81. The van der Waals surface area contributed by atoms with E-state index >= 15 is 0 Å². The first-order valence-electron chi connectivity index (χ1n) is 10.6. The molecule has 0 saturated carbocycles. The monoisotopic (exact) mass is 389 g/mol. The smallest absolute Gasteiger partial charge is 0.272 e. The largest absolute Gasteiger partial charge is 0.347 e. The van der Waals surface area contributed by atoms with Gasteiger partial charge in [-0.3, -0.25) is 9.48 Å². The van der Waals surface area contributed by atoms with Crippen LogP contribution in [0.4, 0.5) is 0 Å². The van der Waals surface area contributed by atoms with E-state index in [0.29, 0.717) is 13.1 Å². The quantitative estimate of drug-likeness (QED) is 0.744. The van der Waals surface area contributed by atoms with Crippen LogP contribution in [0.15, 0.2) is 36.7 Å².